The lowest BCUT2D eigenvalue weighted by molar-refractivity contribution is -0.156. The Labute approximate surface area is 170 Å². The third-order valence-corrected chi connectivity index (χ3v) is 4.93. The summed E-state index contributed by atoms with van der Waals surface area (Å²) in [5.74, 6) is -0.778. The highest BCUT2D eigenvalue weighted by molar-refractivity contribution is 6.33. The van der Waals surface area contributed by atoms with E-state index in [2.05, 4.69) is 6.07 Å². The van der Waals surface area contributed by atoms with Crippen LogP contribution in [0.15, 0.2) is 42.5 Å². The summed E-state index contributed by atoms with van der Waals surface area (Å²) in [6, 6.07) is 12.7. The molecule has 0 N–H and O–H groups in total. The highest BCUT2D eigenvalue weighted by atomic mass is 35.5. The highest BCUT2D eigenvalue weighted by Crippen LogP contribution is 2.32. The van der Waals surface area contributed by atoms with Gasteiger partial charge in [-0.05, 0) is 50.1 Å². The summed E-state index contributed by atoms with van der Waals surface area (Å²) in [6.45, 7) is 6.12. The van der Waals surface area contributed by atoms with Crippen LogP contribution in [0.1, 0.15) is 42.3 Å². The number of carbonyl (C=O) groups excluding carboxylic acids is 2. The topological polar surface area (TPSA) is 55.8 Å². The van der Waals surface area contributed by atoms with Crippen molar-refractivity contribution in [3.8, 4) is 0 Å². The maximum absolute atomic E-state index is 12.9. The Morgan fingerprint density at radius 1 is 1.11 bits per heavy atom. The molecule has 0 saturated carbocycles. The smallest absolute Gasteiger partial charge is 0.339 e. The largest absolute Gasteiger partial charge is 0.465 e. The van der Waals surface area contributed by atoms with Crippen molar-refractivity contribution in [3.63, 3.8) is 0 Å². The van der Waals surface area contributed by atoms with Crippen molar-refractivity contribution in [1.82, 2.24) is 0 Å². The van der Waals surface area contributed by atoms with Crippen LogP contribution in [0.3, 0.4) is 0 Å². The van der Waals surface area contributed by atoms with Crippen LogP contribution < -0.4 is 4.90 Å². The Kier molecular flexibility index (Phi) is 5.66. The van der Waals surface area contributed by atoms with E-state index in [1.54, 1.807) is 18.2 Å². The lowest BCUT2D eigenvalue weighted by atomic mass is 9.93. The number of benzene rings is 2. The average Bonchev–Trinajstić information content (AvgIpc) is 2.65. The predicted octanol–water partition coefficient (Wildman–Crippen LogP) is 4.40. The first-order chi connectivity index (χ1) is 13.2. The van der Waals surface area contributed by atoms with Gasteiger partial charge in [-0.15, -0.1) is 0 Å². The minimum atomic E-state index is -0.577. The van der Waals surface area contributed by atoms with Crippen molar-refractivity contribution >= 4 is 29.2 Å². The first kappa shape index (κ1) is 20.2. The predicted molar refractivity (Wildman–Crippen MR) is 109 cm³/mol. The van der Waals surface area contributed by atoms with Gasteiger partial charge in [0.2, 0.25) is 0 Å². The van der Waals surface area contributed by atoms with Gasteiger partial charge >= 0.3 is 11.9 Å². The Morgan fingerprint density at radius 2 is 1.79 bits per heavy atom. The summed E-state index contributed by atoms with van der Waals surface area (Å²) in [6.07, 6.45) is 0.543. The van der Waals surface area contributed by atoms with Gasteiger partial charge in [0.05, 0.1) is 17.7 Å². The third kappa shape index (κ3) is 4.30. The van der Waals surface area contributed by atoms with E-state index in [4.69, 9.17) is 21.1 Å². The maximum Gasteiger partial charge on any atom is 0.339 e. The number of hydrogen-bond donors (Lipinski definition) is 0. The molecule has 0 amide bonds. The molecule has 0 fully saturated rings. The molecule has 5 nitrogen and oxygen atoms in total. The van der Waals surface area contributed by atoms with Crippen molar-refractivity contribution in [2.24, 2.45) is 0 Å². The van der Waals surface area contributed by atoms with Gasteiger partial charge in [-0.2, -0.15) is 0 Å². The molecule has 148 valence electrons. The highest BCUT2D eigenvalue weighted by Gasteiger charge is 2.35. The number of methoxy groups -OCH3 is 1. The molecular weight excluding hydrogens is 378 g/mol. The second-order valence-corrected chi connectivity index (χ2v) is 8.21. The molecule has 0 bridgehead atoms. The van der Waals surface area contributed by atoms with E-state index in [9.17, 15) is 9.59 Å². The number of halogens is 1. The van der Waals surface area contributed by atoms with E-state index in [-0.39, 0.29) is 11.0 Å². The molecule has 28 heavy (non-hydrogen) atoms. The van der Waals surface area contributed by atoms with Gasteiger partial charge in [-0.3, -0.25) is 0 Å². The van der Waals surface area contributed by atoms with Gasteiger partial charge in [0, 0.05) is 18.7 Å². The average molecular weight is 402 g/mol. The molecule has 1 aliphatic rings. The van der Waals surface area contributed by atoms with E-state index in [0.29, 0.717) is 18.5 Å². The van der Waals surface area contributed by atoms with Crippen LogP contribution in [-0.2, 0) is 27.2 Å². The minimum absolute atomic E-state index is 0.282. The van der Waals surface area contributed by atoms with E-state index >= 15 is 0 Å². The van der Waals surface area contributed by atoms with Crippen LogP contribution in [0.25, 0.3) is 0 Å². The summed E-state index contributed by atoms with van der Waals surface area (Å²) < 4.78 is 10.4. The summed E-state index contributed by atoms with van der Waals surface area (Å²) >= 11 is 6.31. The zero-order valence-electron chi connectivity index (χ0n) is 16.5. The fourth-order valence-corrected chi connectivity index (χ4v) is 3.58. The molecule has 1 atom stereocenters. The number of nitrogens with zero attached hydrogens (tertiary/aromatic N) is 1. The molecule has 1 aliphatic heterocycles. The number of ether oxygens (including phenoxy) is 2. The number of hydrogen-bond acceptors (Lipinski definition) is 5. The minimum Gasteiger partial charge on any atom is -0.465 e. The molecule has 0 saturated heterocycles. The molecule has 0 aromatic heterocycles. The number of anilines is 1. The van der Waals surface area contributed by atoms with Crippen LogP contribution in [0, 0.1) is 0 Å². The molecule has 6 heteroatoms. The standard InChI is InChI=1S/C22H24ClNO4/c1-22(2,3)28-21(26)19-11-14-7-5-6-8-15(14)13-24(19)16-9-10-17(18(23)12-16)20(25)27-4/h5-10,12,19H,11,13H2,1-4H3. The van der Waals surface area contributed by atoms with Gasteiger partial charge in [-0.25, -0.2) is 9.59 Å². The molecule has 2 aromatic carbocycles. The van der Waals surface area contributed by atoms with Crippen molar-refractivity contribution in [1.29, 1.82) is 0 Å². The van der Waals surface area contributed by atoms with E-state index in [1.807, 2.05) is 43.9 Å². The van der Waals surface area contributed by atoms with Gasteiger partial charge in [0.25, 0.3) is 0 Å². The number of esters is 2. The van der Waals surface area contributed by atoms with Crippen molar-refractivity contribution < 1.29 is 19.1 Å². The molecule has 3 rings (SSSR count). The monoisotopic (exact) mass is 401 g/mol. The Bertz CT molecular complexity index is 904. The van der Waals surface area contributed by atoms with Gasteiger partial charge in [0.15, 0.2) is 0 Å². The van der Waals surface area contributed by atoms with E-state index < -0.39 is 17.6 Å². The Balaban J connectivity index is 1.99. The quantitative estimate of drug-likeness (QED) is 0.713. The van der Waals surface area contributed by atoms with E-state index in [0.717, 1.165) is 16.8 Å². The second kappa shape index (κ2) is 7.84. The SMILES string of the molecule is COC(=O)c1ccc(N2Cc3ccccc3CC2C(=O)OC(C)(C)C)cc1Cl. The van der Waals surface area contributed by atoms with Crippen LogP contribution >= 0.6 is 11.6 Å². The Morgan fingerprint density at radius 3 is 2.39 bits per heavy atom. The van der Waals surface area contributed by atoms with E-state index in [1.165, 1.54) is 7.11 Å². The first-order valence-electron chi connectivity index (χ1n) is 9.14. The van der Waals surface area contributed by atoms with Crippen molar-refractivity contribution in [3.05, 3.63) is 64.2 Å². The fourth-order valence-electron chi connectivity index (χ4n) is 3.33. The summed E-state index contributed by atoms with van der Waals surface area (Å²) in [4.78, 5) is 26.7. The van der Waals surface area contributed by atoms with Crippen molar-refractivity contribution in [2.45, 2.75) is 45.4 Å². The van der Waals surface area contributed by atoms with Gasteiger partial charge < -0.3 is 14.4 Å². The lowest BCUT2D eigenvalue weighted by Crippen LogP contribution is -2.48. The Hall–Kier alpha value is -2.53. The fraction of sp³-hybridized carbons (Fsp3) is 0.364. The summed E-state index contributed by atoms with van der Waals surface area (Å²) in [5.41, 5.74) is 2.75. The third-order valence-electron chi connectivity index (χ3n) is 4.62. The molecule has 2 aromatic rings. The molecule has 0 radical (unpaired) electrons. The van der Waals surface area contributed by atoms with Crippen molar-refractivity contribution in [2.75, 3.05) is 12.0 Å². The number of carbonyl (C=O) groups is 2. The second-order valence-electron chi connectivity index (χ2n) is 7.81. The molecule has 0 aliphatic carbocycles. The molecule has 0 spiro atoms. The zero-order valence-corrected chi connectivity index (χ0v) is 17.2. The summed E-state index contributed by atoms with van der Waals surface area (Å²) in [7, 11) is 1.31. The molecule has 1 unspecified atom stereocenters. The first-order valence-corrected chi connectivity index (χ1v) is 9.51. The molecular formula is C22H24ClNO4. The normalized spacial score (nSPS) is 16.3. The van der Waals surface area contributed by atoms with Crippen LogP contribution in [-0.4, -0.2) is 30.7 Å². The zero-order chi connectivity index (χ0) is 20.5. The number of fused-ring (bicyclic) bond motifs is 1. The molecule has 1 heterocycles. The van der Waals surface area contributed by atoms with Crippen LogP contribution in [0.2, 0.25) is 5.02 Å². The van der Waals surface area contributed by atoms with Crippen LogP contribution in [0.4, 0.5) is 5.69 Å². The lowest BCUT2D eigenvalue weighted by Gasteiger charge is -2.38. The van der Waals surface area contributed by atoms with Crippen LogP contribution in [0.5, 0.6) is 0 Å². The number of rotatable bonds is 3. The summed E-state index contributed by atoms with van der Waals surface area (Å²) in [5, 5.41) is 0.283. The van der Waals surface area contributed by atoms with Gasteiger partial charge in [0.1, 0.15) is 11.6 Å². The maximum atomic E-state index is 12.9. The van der Waals surface area contributed by atoms with Gasteiger partial charge in [-0.1, -0.05) is 35.9 Å².